The van der Waals surface area contributed by atoms with E-state index in [2.05, 4.69) is 55.4 Å². The number of nitrogens with two attached hydrogens (primary N) is 1. The summed E-state index contributed by atoms with van der Waals surface area (Å²) >= 11 is 0. The summed E-state index contributed by atoms with van der Waals surface area (Å²) in [5.74, 6) is 3.88. The fraction of sp³-hybridized carbons (Fsp3) is 0.607. The summed E-state index contributed by atoms with van der Waals surface area (Å²) in [7, 11) is 0. The van der Waals surface area contributed by atoms with E-state index in [0.717, 1.165) is 57.8 Å². The Morgan fingerprint density at radius 1 is 1.19 bits per heavy atom. The molecule has 2 bridgehead atoms. The van der Waals surface area contributed by atoms with Gasteiger partial charge in [0.1, 0.15) is 0 Å². The van der Waals surface area contributed by atoms with Crippen LogP contribution in [0.25, 0.3) is 0 Å². The van der Waals surface area contributed by atoms with E-state index in [1.807, 2.05) is 6.08 Å². The zero-order chi connectivity index (χ0) is 22.1. The van der Waals surface area contributed by atoms with Gasteiger partial charge in [-0.2, -0.15) is 0 Å². The first-order valence-electron chi connectivity index (χ1n) is 12.2. The highest BCUT2D eigenvalue weighted by Gasteiger charge is 2.55. The smallest absolute Gasteiger partial charge is 0.226 e. The molecule has 0 radical (unpaired) electrons. The molecule has 4 rings (SSSR count). The Kier molecular flexibility index (Phi) is 6.31. The minimum Gasteiger partial charge on any atom is -0.353 e. The Morgan fingerprint density at radius 2 is 1.90 bits per heavy atom. The number of allylic oxidation sites excluding steroid dienone is 2. The van der Waals surface area contributed by atoms with Crippen LogP contribution in [0.1, 0.15) is 77.2 Å². The topological polar surface area (TPSA) is 55.1 Å². The third kappa shape index (κ3) is 4.20. The summed E-state index contributed by atoms with van der Waals surface area (Å²) in [4.78, 5) is 13.8. The number of hydrogen-bond donors (Lipinski definition) is 2. The molecule has 4 unspecified atom stereocenters. The van der Waals surface area contributed by atoms with Crippen LogP contribution in [0.4, 0.5) is 0 Å². The van der Waals surface area contributed by atoms with E-state index >= 15 is 0 Å². The number of rotatable bonds is 4. The molecule has 3 saturated carbocycles. The fourth-order valence-electron chi connectivity index (χ4n) is 7.00. The third-order valence-electron chi connectivity index (χ3n) is 8.59. The number of hydrogen-bond acceptors (Lipinski definition) is 2. The molecular formula is C28H38N2O. The van der Waals surface area contributed by atoms with Gasteiger partial charge in [0.2, 0.25) is 5.91 Å². The van der Waals surface area contributed by atoms with Crippen LogP contribution in [-0.2, 0) is 10.2 Å². The molecule has 0 heterocycles. The Labute approximate surface area is 188 Å². The summed E-state index contributed by atoms with van der Waals surface area (Å²) in [6, 6.07) is 11.5. The molecule has 3 nitrogen and oxygen atoms in total. The largest absolute Gasteiger partial charge is 0.353 e. The predicted octanol–water partition coefficient (Wildman–Crippen LogP) is 5.11. The molecule has 0 aromatic heterocycles. The van der Waals surface area contributed by atoms with E-state index in [4.69, 9.17) is 12.2 Å². The van der Waals surface area contributed by atoms with Crippen molar-refractivity contribution < 1.29 is 4.79 Å². The summed E-state index contributed by atoms with van der Waals surface area (Å²) in [6.07, 6.45) is 16.6. The molecule has 3 heteroatoms. The number of carbonyl (C=O) groups is 1. The minimum absolute atomic E-state index is 0.0395. The van der Waals surface area contributed by atoms with Crippen LogP contribution in [0.2, 0.25) is 0 Å². The van der Waals surface area contributed by atoms with Gasteiger partial charge in [0.25, 0.3) is 0 Å². The Morgan fingerprint density at radius 3 is 2.55 bits per heavy atom. The van der Waals surface area contributed by atoms with Crippen molar-refractivity contribution in [2.24, 2.45) is 23.0 Å². The fourth-order valence-corrected chi connectivity index (χ4v) is 7.00. The number of nitrogens with one attached hydrogen (secondary N) is 1. The lowest BCUT2D eigenvalue weighted by Gasteiger charge is -2.56. The summed E-state index contributed by atoms with van der Waals surface area (Å²) in [5.41, 5.74) is 8.55. The maximum atomic E-state index is 13.8. The lowest BCUT2D eigenvalue weighted by atomic mass is 9.48. The molecule has 166 valence electrons. The average Bonchev–Trinajstić information content (AvgIpc) is 2.78. The first kappa shape index (κ1) is 22.2. The van der Waals surface area contributed by atoms with Crippen molar-refractivity contribution in [3.8, 4) is 12.3 Å². The SMILES string of the molecule is C#C/C=C1\C(C)CC2(c3ccccc3)CC1CC(CC)(C(=O)NC1CCC(N)CC1)C2. The number of carbonyl (C=O) groups excluding carboxylic acids is 1. The molecule has 0 aliphatic heterocycles. The molecule has 1 aromatic carbocycles. The van der Waals surface area contributed by atoms with Gasteiger partial charge in [0.05, 0.1) is 5.41 Å². The number of benzene rings is 1. The van der Waals surface area contributed by atoms with Crippen LogP contribution < -0.4 is 11.1 Å². The van der Waals surface area contributed by atoms with E-state index in [0.29, 0.717) is 17.9 Å². The van der Waals surface area contributed by atoms with Gasteiger partial charge in [-0.3, -0.25) is 4.79 Å². The number of amides is 1. The van der Waals surface area contributed by atoms with Crippen molar-refractivity contribution in [2.75, 3.05) is 0 Å². The average molecular weight is 419 g/mol. The van der Waals surface area contributed by atoms with Gasteiger partial charge in [0, 0.05) is 12.1 Å². The standard InChI is InChI=1S/C28H38N2O/c1-4-9-25-20(3)16-28(22-10-7-6-8-11-22)18-21(25)17-27(5-2,19-28)26(31)30-24-14-12-23(29)13-15-24/h1,6-11,20-21,23-24H,5,12-19,29H2,2-3H3,(H,30,31)/b25-9+. The molecule has 31 heavy (non-hydrogen) atoms. The lowest BCUT2D eigenvalue weighted by molar-refractivity contribution is -0.138. The second-order valence-corrected chi connectivity index (χ2v) is 10.6. The molecular weight excluding hydrogens is 380 g/mol. The lowest BCUT2D eigenvalue weighted by Crippen LogP contribution is -2.55. The van der Waals surface area contributed by atoms with Gasteiger partial charge < -0.3 is 11.1 Å². The van der Waals surface area contributed by atoms with Gasteiger partial charge in [-0.15, -0.1) is 6.42 Å². The summed E-state index contributed by atoms with van der Waals surface area (Å²) in [5, 5.41) is 3.46. The number of fused-ring (bicyclic) bond motifs is 2. The molecule has 3 N–H and O–H groups in total. The molecule has 0 saturated heterocycles. The van der Waals surface area contributed by atoms with Crippen LogP contribution in [0.3, 0.4) is 0 Å². The van der Waals surface area contributed by atoms with E-state index in [1.165, 1.54) is 11.1 Å². The molecule has 3 aliphatic carbocycles. The van der Waals surface area contributed by atoms with Gasteiger partial charge in [-0.25, -0.2) is 0 Å². The maximum Gasteiger partial charge on any atom is 0.226 e. The van der Waals surface area contributed by atoms with Gasteiger partial charge >= 0.3 is 0 Å². The Balaban J connectivity index is 1.68. The maximum absolute atomic E-state index is 13.8. The van der Waals surface area contributed by atoms with Crippen molar-refractivity contribution in [3.05, 3.63) is 47.5 Å². The van der Waals surface area contributed by atoms with E-state index in [-0.39, 0.29) is 22.8 Å². The van der Waals surface area contributed by atoms with Crippen LogP contribution in [-0.4, -0.2) is 18.0 Å². The monoisotopic (exact) mass is 418 g/mol. The Bertz CT molecular complexity index is 857. The van der Waals surface area contributed by atoms with Gasteiger partial charge in [-0.1, -0.05) is 55.7 Å². The second kappa shape index (κ2) is 8.83. The van der Waals surface area contributed by atoms with Crippen molar-refractivity contribution in [3.63, 3.8) is 0 Å². The number of terminal acetylenes is 1. The normalized spacial score (nSPS) is 39.0. The van der Waals surface area contributed by atoms with Crippen LogP contribution in [0.5, 0.6) is 0 Å². The third-order valence-corrected chi connectivity index (χ3v) is 8.59. The predicted molar refractivity (Wildman–Crippen MR) is 127 cm³/mol. The van der Waals surface area contributed by atoms with Crippen LogP contribution in [0.15, 0.2) is 42.0 Å². The van der Waals surface area contributed by atoms with Crippen molar-refractivity contribution in [2.45, 2.75) is 89.1 Å². The van der Waals surface area contributed by atoms with Gasteiger partial charge in [-0.05, 0) is 86.7 Å². The van der Waals surface area contributed by atoms with E-state index in [1.54, 1.807) is 0 Å². The van der Waals surface area contributed by atoms with Crippen LogP contribution >= 0.6 is 0 Å². The molecule has 1 amide bonds. The highest BCUT2D eigenvalue weighted by molar-refractivity contribution is 5.83. The highest BCUT2D eigenvalue weighted by Crippen LogP contribution is 2.60. The van der Waals surface area contributed by atoms with E-state index < -0.39 is 0 Å². The quantitative estimate of drug-likeness (QED) is 0.668. The van der Waals surface area contributed by atoms with E-state index in [9.17, 15) is 4.79 Å². The zero-order valence-corrected chi connectivity index (χ0v) is 19.2. The molecule has 3 fully saturated rings. The van der Waals surface area contributed by atoms with Gasteiger partial charge in [0.15, 0.2) is 0 Å². The second-order valence-electron chi connectivity index (χ2n) is 10.6. The summed E-state index contributed by atoms with van der Waals surface area (Å²) < 4.78 is 0. The Hall–Kier alpha value is -2.05. The van der Waals surface area contributed by atoms with Crippen molar-refractivity contribution >= 4 is 5.91 Å². The first-order chi connectivity index (χ1) is 14.9. The molecule has 0 spiro atoms. The molecule has 4 atom stereocenters. The highest BCUT2D eigenvalue weighted by atomic mass is 16.2. The molecule has 1 aromatic rings. The van der Waals surface area contributed by atoms with Crippen molar-refractivity contribution in [1.29, 1.82) is 0 Å². The van der Waals surface area contributed by atoms with Crippen LogP contribution in [0, 0.1) is 29.6 Å². The summed E-state index contributed by atoms with van der Waals surface area (Å²) in [6.45, 7) is 4.52. The minimum atomic E-state index is -0.341. The first-order valence-corrected chi connectivity index (χ1v) is 12.2. The molecule has 3 aliphatic rings. The zero-order valence-electron chi connectivity index (χ0n) is 19.2. The van der Waals surface area contributed by atoms with Crippen molar-refractivity contribution in [1.82, 2.24) is 5.32 Å².